The van der Waals surface area contributed by atoms with E-state index in [2.05, 4.69) is 4.98 Å². The minimum absolute atomic E-state index is 0.0914. The van der Waals surface area contributed by atoms with Crippen molar-refractivity contribution >= 4 is 5.78 Å². The zero-order chi connectivity index (χ0) is 9.54. The summed E-state index contributed by atoms with van der Waals surface area (Å²) in [5.74, 6) is 0.636. The molecule has 1 aromatic carbocycles. The fourth-order valence-electron chi connectivity index (χ4n) is 1.85. The summed E-state index contributed by atoms with van der Waals surface area (Å²) in [7, 11) is 0. The largest absolute Gasteiger partial charge is 0.297 e. The Bertz CT molecular complexity index is 514. The van der Waals surface area contributed by atoms with E-state index in [0.717, 1.165) is 11.3 Å². The van der Waals surface area contributed by atoms with Gasteiger partial charge in [-0.15, -0.1) is 0 Å². The van der Waals surface area contributed by atoms with Gasteiger partial charge in [-0.3, -0.25) is 9.36 Å². The Morgan fingerprint density at radius 3 is 3.07 bits per heavy atom. The van der Waals surface area contributed by atoms with Crippen molar-refractivity contribution in [3.05, 3.63) is 48.0 Å². The second-order valence-corrected chi connectivity index (χ2v) is 3.35. The zero-order valence-electron chi connectivity index (χ0n) is 7.47. The number of carbonyl (C=O) groups excluding carboxylic acids is 1. The minimum atomic E-state index is 0.0914. The first-order valence-electron chi connectivity index (χ1n) is 4.51. The van der Waals surface area contributed by atoms with Crippen molar-refractivity contribution in [1.29, 1.82) is 0 Å². The van der Waals surface area contributed by atoms with E-state index >= 15 is 0 Å². The zero-order valence-corrected chi connectivity index (χ0v) is 7.47. The third kappa shape index (κ3) is 0.865. The Balaban J connectivity index is 2.34. The number of nitrogens with zero attached hydrogens (tertiary/aromatic N) is 2. The van der Waals surface area contributed by atoms with E-state index in [-0.39, 0.29) is 5.78 Å². The predicted octanol–water partition coefficient (Wildman–Crippen LogP) is 1.61. The summed E-state index contributed by atoms with van der Waals surface area (Å²) in [6, 6.07) is 7.91. The summed E-state index contributed by atoms with van der Waals surface area (Å²) in [6.07, 6.45) is 3.95. The highest BCUT2D eigenvalue weighted by Gasteiger charge is 2.22. The van der Waals surface area contributed by atoms with Crippen LogP contribution >= 0.6 is 0 Å². The summed E-state index contributed by atoms with van der Waals surface area (Å²) < 4.78 is 1.85. The molecule has 0 saturated carbocycles. The smallest absolute Gasteiger partial charge is 0.203 e. The van der Waals surface area contributed by atoms with Crippen LogP contribution in [-0.2, 0) is 6.42 Å². The highest BCUT2D eigenvalue weighted by molar-refractivity contribution is 5.97. The Morgan fingerprint density at radius 2 is 2.14 bits per heavy atom. The van der Waals surface area contributed by atoms with Gasteiger partial charge in [0, 0.05) is 18.8 Å². The molecule has 2 aromatic rings. The van der Waals surface area contributed by atoms with Crippen LogP contribution in [-0.4, -0.2) is 15.3 Å². The first-order valence-corrected chi connectivity index (χ1v) is 4.51. The first-order chi connectivity index (χ1) is 6.86. The lowest BCUT2D eigenvalue weighted by Gasteiger charge is -2.16. The standard InChI is InChI=1S/C11H8N2O/c14-10-7-8-3-1-2-4-9(8)13-6-5-12-11(10)13/h1-6H,7H2. The van der Waals surface area contributed by atoms with Crippen molar-refractivity contribution in [1.82, 2.24) is 9.55 Å². The number of hydrogen-bond acceptors (Lipinski definition) is 2. The average Bonchev–Trinajstić information content (AvgIpc) is 2.67. The number of para-hydroxylation sites is 1. The molecule has 0 N–H and O–H groups in total. The minimum Gasteiger partial charge on any atom is -0.297 e. The van der Waals surface area contributed by atoms with Gasteiger partial charge >= 0.3 is 0 Å². The van der Waals surface area contributed by atoms with Gasteiger partial charge in [-0.25, -0.2) is 4.98 Å². The van der Waals surface area contributed by atoms with Gasteiger partial charge in [-0.2, -0.15) is 0 Å². The number of carbonyl (C=O) groups is 1. The number of Topliss-reactive ketones (excluding diaryl/α,β-unsaturated/α-hetero) is 1. The maximum atomic E-state index is 11.6. The van der Waals surface area contributed by atoms with Gasteiger partial charge in [-0.1, -0.05) is 18.2 Å². The van der Waals surface area contributed by atoms with Gasteiger partial charge in [0.15, 0.2) is 5.82 Å². The topological polar surface area (TPSA) is 34.9 Å². The fraction of sp³-hybridized carbons (Fsp3) is 0.0909. The van der Waals surface area contributed by atoms with Gasteiger partial charge in [-0.05, 0) is 11.6 Å². The molecule has 0 radical (unpaired) electrons. The normalized spacial score (nSPS) is 13.6. The molecule has 1 aromatic heterocycles. The van der Waals surface area contributed by atoms with Crippen molar-refractivity contribution in [3.8, 4) is 5.69 Å². The summed E-state index contributed by atoms with van der Waals surface area (Å²) in [5.41, 5.74) is 2.14. The van der Waals surface area contributed by atoms with Gasteiger partial charge in [0.05, 0.1) is 5.69 Å². The molecule has 0 spiro atoms. The Labute approximate surface area is 81.0 Å². The van der Waals surface area contributed by atoms with Gasteiger partial charge in [0.25, 0.3) is 0 Å². The van der Waals surface area contributed by atoms with Crippen LogP contribution in [0, 0.1) is 0 Å². The molecule has 0 fully saturated rings. The molecule has 3 nitrogen and oxygen atoms in total. The van der Waals surface area contributed by atoms with E-state index in [0.29, 0.717) is 12.2 Å². The molecule has 0 bridgehead atoms. The molecule has 2 heterocycles. The van der Waals surface area contributed by atoms with Gasteiger partial charge < -0.3 is 0 Å². The molecule has 0 atom stereocenters. The van der Waals surface area contributed by atoms with Gasteiger partial charge in [0.1, 0.15) is 0 Å². The number of aromatic nitrogens is 2. The van der Waals surface area contributed by atoms with Crippen LogP contribution < -0.4 is 0 Å². The molecule has 0 aliphatic carbocycles. The molecule has 68 valence electrons. The molecular formula is C11H8N2O. The molecule has 3 rings (SSSR count). The van der Waals surface area contributed by atoms with E-state index < -0.39 is 0 Å². The van der Waals surface area contributed by atoms with Crippen molar-refractivity contribution in [2.24, 2.45) is 0 Å². The van der Waals surface area contributed by atoms with Crippen LogP contribution in [0.3, 0.4) is 0 Å². The SMILES string of the molecule is O=C1Cc2ccccc2-n2ccnc21. The third-order valence-corrected chi connectivity index (χ3v) is 2.49. The van der Waals surface area contributed by atoms with E-state index in [1.165, 1.54) is 0 Å². The second kappa shape index (κ2) is 2.54. The number of benzene rings is 1. The van der Waals surface area contributed by atoms with E-state index in [4.69, 9.17) is 0 Å². The molecule has 0 saturated heterocycles. The summed E-state index contributed by atoms with van der Waals surface area (Å²) in [5, 5.41) is 0. The second-order valence-electron chi connectivity index (χ2n) is 3.35. The Hall–Kier alpha value is -1.90. The van der Waals surface area contributed by atoms with E-state index in [1.54, 1.807) is 6.20 Å². The molecule has 1 aliphatic heterocycles. The summed E-state index contributed by atoms with van der Waals surface area (Å²) in [6.45, 7) is 0. The fourth-order valence-corrected chi connectivity index (χ4v) is 1.85. The van der Waals surface area contributed by atoms with Crippen LogP contribution in [0.25, 0.3) is 5.69 Å². The van der Waals surface area contributed by atoms with Crippen molar-refractivity contribution < 1.29 is 4.79 Å². The van der Waals surface area contributed by atoms with Crippen LogP contribution in [0.1, 0.15) is 16.2 Å². The third-order valence-electron chi connectivity index (χ3n) is 2.49. The predicted molar refractivity (Wildman–Crippen MR) is 51.6 cm³/mol. The lowest BCUT2D eigenvalue weighted by Crippen LogP contribution is -2.18. The van der Waals surface area contributed by atoms with E-state index in [1.807, 2.05) is 35.0 Å². The summed E-state index contributed by atoms with van der Waals surface area (Å²) in [4.78, 5) is 15.7. The van der Waals surface area contributed by atoms with Crippen LogP contribution in [0.4, 0.5) is 0 Å². The van der Waals surface area contributed by atoms with Crippen LogP contribution in [0.5, 0.6) is 0 Å². The lowest BCUT2D eigenvalue weighted by atomic mass is 10.0. The van der Waals surface area contributed by atoms with E-state index in [9.17, 15) is 4.79 Å². The maximum Gasteiger partial charge on any atom is 0.203 e. The molecular weight excluding hydrogens is 176 g/mol. The quantitative estimate of drug-likeness (QED) is 0.623. The highest BCUT2D eigenvalue weighted by Crippen LogP contribution is 2.22. The number of rotatable bonds is 0. The Kier molecular flexibility index (Phi) is 1.36. The number of hydrogen-bond donors (Lipinski definition) is 0. The molecule has 1 aliphatic rings. The van der Waals surface area contributed by atoms with Crippen molar-refractivity contribution in [3.63, 3.8) is 0 Å². The monoisotopic (exact) mass is 184 g/mol. The van der Waals surface area contributed by atoms with Gasteiger partial charge in [0.2, 0.25) is 5.78 Å². The number of imidazole rings is 1. The molecule has 14 heavy (non-hydrogen) atoms. The molecule has 0 unspecified atom stereocenters. The average molecular weight is 184 g/mol. The Morgan fingerprint density at radius 1 is 1.29 bits per heavy atom. The maximum absolute atomic E-state index is 11.6. The van der Waals surface area contributed by atoms with Crippen LogP contribution in [0.2, 0.25) is 0 Å². The summed E-state index contributed by atoms with van der Waals surface area (Å²) >= 11 is 0. The lowest BCUT2D eigenvalue weighted by molar-refractivity contribution is 0.0977. The number of fused-ring (bicyclic) bond motifs is 3. The number of ketones is 1. The van der Waals surface area contributed by atoms with Crippen LogP contribution in [0.15, 0.2) is 36.7 Å². The molecule has 0 amide bonds. The van der Waals surface area contributed by atoms with Crippen molar-refractivity contribution in [2.75, 3.05) is 0 Å². The first kappa shape index (κ1) is 7.50. The molecule has 3 heteroatoms. The van der Waals surface area contributed by atoms with Crippen molar-refractivity contribution in [2.45, 2.75) is 6.42 Å². The highest BCUT2D eigenvalue weighted by atomic mass is 16.1.